The van der Waals surface area contributed by atoms with Crippen molar-refractivity contribution in [1.82, 2.24) is 4.98 Å². The SMILES string of the molecule is COC(=O)c1sc(NCCC2CCCCC2)nc1Cl. The molecule has 0 aromatic carbocycles. The van der Waals surface area contributed by atoms with Crippen molar-refractivity contribution in [3.8, 4) is 0 Å². The fraction of sp³-hybridized carbons (Fsp3) is 0.692. The lowest BCUT2D eigenvalue weighted by molar-refractivity contribution is 0.0606. The normalized spacial score (nSPS) is 16.3. The first-order valence-electron chi connectivity index (χ1n) is 6.69. The molecule has 6 heteroatoms. The van der Waals surface area contributed by atoms with E-state index < -0.39 is 5.97 Å². The molecule has 1 aromatic rings. The van der Waals surface area contributed by atoms with E-state index in [1.807, 2.05) is 0 Å². The molecular weight excluding hydrogens is 284 g/mol. The number of nitrogens with one attached hydrogen (secondary N) is 1. The van der Waals surface area contributed by atoms with Crippen molar-refractivity contribution in [2.45, 2.75) is 38.5 Å². The molecule has 0 atom stereocenters. The Kier molecular flexibility index (Phi) is 5.45. The second kappa shape index (κ2) is 7.10. The number of rotatable bonds is 5. The third kappa shape index (κ3) is 4.08. The van der Waals surface area contributed by atoms with Gasteiger partial charge in [0.15, 0.2) is 15.2 Å². The zero-order valence-electron chi connectivity index (χ0n) is 11.1. The molecule has 0 radical (unpaired) electrons. The zero-order chi connectivity index (χ0) is 13.7. The van der Waals surface area contributed by atoms with Gasteiger partial charge in [0, 0.05) is 6.54 Å². The highest BCUT2D eigenvalue weighted by Gasteiger charge is 2.17. The van der Waals surface area contributed by atoms with E-state index in [2.05, 4.69) is 15.0 Å². The van der Waals surface area contributed by atoms with E-state index >= 15 is 0 Å². The quantitative estimate of drug-likeness (QED) is 0.836. The van der Waals surface area contributed by atoms with Crippen LogP contribution in [0.25, 0.3) is 0 Å². The minimum Gasteiger partial charge on any atom is -0.465 e. The van der Waals surface area contributed by atoms with Gasteiger partial charge in [-0.15, -0.1) is 0 Å². The summed E-state index contributed by atoms with van der Waals surface area (Å²) in [6.45, 7) is 0.884. The Morgan fingerprint density at radius 3 is 2.89 bits per heavy atom. The highest BCUT2D eigenvalue weighted by atomic mass is 35.5. The van der Waals surface area contributed by atoms with Crippen molar-refractivity contribution < 1.29 is 9.53 Å². The number of methoxy groups -OCH3 is 1. The number of nitrogens with zero attached hydrogens (tertiary/aromatic N) is 1. The fourth-order valence-electron chi connectivity index (χ4n) is 2.45. The van der Waals surface area contributed by atoms with E-state index in [-0.39, 0.29) is 5.15 Å². The van der Waals surface area contributed by atoms with Crippen LogP contribution in [0.2, 0.25) is 5.15 Å². The van der Waals surface area contributed by atoms with Gasteiger partial charge in [0.1, 0.15) is 0 Å². The van der Waals surface area contributed by atoms with Gasteiger partial charge in [0.05, 0.1) is 7.11 Å². The first-order valence-corrected chi connectivity index (χ1v) is 7.88. The van der Waals surface area contributed by atoms with Crippen LogP contribution >= 0.6 is 22.9 Å². The highest BCUT2D eigenvalue weighted by molar-refractivity contribution is 7.18. The molecule has 1 aromatic heterocycles. The van der Waals surface area contributed by atoms with Gasteiger partial charge in [0.25, 0.3) is 0 Å². The van der Waals surface area contributed by atoms with Crippen molar-refractivity contribution in [2.75, 3.05) is 19.0 Å². The molecule has 1 aliphatic carbocycles. The summed E-state index contributed by atoms with van der Waals surface area (Å²) >= 11 is 7.15. The van der Waals surface area contributed by atoms with Crippen molar-refractivity contribution >= 4 is 34.0 Å². The van der Waals surface area contributed by atoms with Gasteiger partial charge in [-0.2, -0.15) is 0 Å². The average Bonchev–Trinajstić information content (AvgIpc) is 2.80. The van der Waals surface area contributed by atoms with Crippen LogP contribution in [0.4, 0.5) is 5.13 Å². The molecule has 0 saturated heterocycles. The third-order valence-corrected chi connectivity index (χ3v) is 4.89. The van der Waals surface area contributed by atoms with Crippen LogP contribution in [0, 0.1) is 5.92 Å². The Morgan fingerprint density at radius 1 is 1.47 bits per heavy atom. The summed E-state index contributed by atoms with van der Waals surface area (Å²) in [4.78, 5) is 15.9. The van der Waals surface area contributed by atoms with Crippen LogP contribution in [-0.4, -0.2) is 24.6 Å². The molecular formula is C13H19ClN2O2S. The van der Waals surface area contributed by atoms with E-state index in [0.29, 0.717) is 10.0 Å². The molecule has 1 aliphatic rings. The number of carbonyl (C=O) groups excluding carboxylic acids is 1. The topological polar surface area (TPSA) is 51.2 Å². The monoisotopic (exact) mass is 302 g/mol. The summed E-state index contributed by atoms with van der Waals surface area (Å²) in [6, 6.07) is 0. The molecule has 0 unspecified atom stereocenters. The third-order valence-electron chi connectivity index (χ3n) is 3.51. The van der Waals surface area contributed by atoms with Crippen molar-refractivity contribution in [3.63, 3.8) is 0 Å². The molecule has 0 amide bonds. The van der Waals surface area contributed by atoms with Gasteiger partial charge in [0.2, 0.25) is 0 Å². The molecule has 19 heavy (non-hydrogen) atoms. The molecule has 106 valence electrons. The lowest BCUT2D eigenvalue weighted by Crippen LogP contribution is -2.12. The Hall–Kier alpha value is -0.810. The molecule has 2 rings (SSSR count). The number of hydrogen-bond donors (Lipinski definition) is 1. The van der Waals surface area contributed by atoms with Crippen molar-refractivity contribution in [2.24, 2.45) is 5.92 Å². The van der Waals surface area contributed by atoms with Gasteiger partial charge in [-0.25, -0.2) is 9.78 Å². The first kappa shape index (κ1) is 14.6. The van der Waals surface area contributed by atoms with Crippen LogP contribution in [-0.2, 0) is 4.74 Å². The fourth-order valence-corrected chi connectivity index (χ4v) is 3.58. The van der Waals surface area contributed by atoms with Crippen LogP contribution in [0.15, 0.2) is 0 Å². The van der Waals surface area contributed by atoms with Gasteiger partial charge in [-0.1, -0.05) is 55.0 Å². The molecule has 0 spiro atoms. The number of hydrogen-bond acceptors (Lipinski definition) is 5. The second-order valence-electron chi connectivity index (χ2n) is 4.85. The van der Waals surface area contributed by atoms with Gasteiger partial charge < -0.3 is 10.1 Å². The Labute approximate surface area is 122 Å². The van der Waals surface area contributed by atoms with E-state index in [0.717, 1.165) is 18.9 Å². The van der Waals surface area contributed by atoms with Crippen LogP contribution in [0.3, 0.4) is 0 Å². The lowest BCUT2D eigenvalue weighted by Gasteiger charge is -2.21. The number of thiazole rings is 1. The summed E-state index contributed by atoms with van der Waals surface area (Å²) < 4.78 is 4.65. The first-order chi connectivity index (χ1) is 9.20. The van der Waals surface area contributed by atoms with Crippen LogP contribution in [0.1, 0.15) is 48.2 Å². The predicted octanol–water partition coefficient (Wildman–Crippen LogP) is 3.97. The number of carbonyl (C=O) groups is 1. The molecule has 4 nitrogen and oxygen atoms in total. The maximum atomic E-state index is 11.4. The summed E-state index contributed by atoms with van der Waals surface area (Å²) in [7, 11) is 1.34. The van der Waals surface area contributed by atoms with Gasteiger partial charge in [-0.05, 0) is 12.3 Å². The minimum absolute atomic E-state index is 0.219. The Balaban J connectivity index is 1.81. The molecule has 1 N–H and O–H groups in total. The Bertz CT molecular complexity index is 430. The summed E-state index contributed by atoms with van der Waals surface area (Å²) in [5.41, 5.74) is 0. The average molecular weight is 303 g/mol. The molecule has 1 fully saturated rings. The van der Waals surface area contributed by atoms with Crippen LogP contribution in [0.5, 0.6) is 0 Å². The summed E-state index contributed by atoms with van der Waals surface area (Å²) in [6.07, 6.45) is 7.95. The van der Waals surface area contributed by atoms with E-state index in [1.54, 1.807) is 0 Å². The van der Waals surface area contributed by atoms with Gasteiger partial charge >= 0.3 is 5.97 Å². The number of esters is 1. The smallest absolute Gasteiger partial charge is 0.351 e. The summed E-state index contributed by atoms with van der Waals surface area (Å²) in [5, 5.41) is 4.16. The summed E-state index contributed by atoms with van der Waals surface area (Å²) in [5.74, 6) is 0.402. The highest BCUT2D eigenvalue weighted by Crippen LogP contribution is 2.29. The van der Waals surface area contributed by atoms with Crippen LogP contribution < -0.4 is 5.32 Å². The maximum absolute atomic E-state index is 11.4. The Morgan fingerprint density at radius 2 is 2.21 bits per heavy atom. The zero-order valence-corrected chi connectivity index (χ0v) is 12.6. The van der Waals surface area contributed by atoms with E-state index in [4.69, 9.17) is 11.6 Å². The molecule has 1 heterocycles. The van der Waals surface area contributed by atoms with Crippen molar-refractivity contribution in [3.05, 3.63) is 10.0 Å². The second-order valence-corrected chi connectivity index (χ2v) is 6.21. The lowest BCUT2D eigenvalue weighted by atomic mass is 9.87. The molecule has 1 saturated carbocycles. The van der Waals surface area contributed by atoms with Gasteiger partial charge in [-0.3, -0.25) is 0 Å². The largest absolute Gasteiger partial charge is 0.465 e. The predicted molar refractivity (Wildman–Crippen MR) is 78.1 cm³/mol. The molecule has 0 aliphatic heterocycles. The molecule has 0 bridgehead atoms. The number of halogens is 1. The number of ether oxygens (including phenoxy) is 1. The maximum Gasteiger partial charge on any atom is 0.351 e. The number of anilines is 1. The minimum atomic E-state index is -0.428. The standard InChI is InChI=1S/C13H19ClN2O2S/c1-18-12(17)10-11(14)16-13(19-10)15-8-7-9-5-3-2-4-6-9/h9H,2-8H2,1H3,(H,15,16). The van der Waals surface area contributed by atoms with E-state index in [1.165, 1.54) is 50.6 Å². The number of aromatic nitrogens is 1. The van der Waals surface area contributed by atoms with Crippen molar-refractivity contribution in [1.29, 1.82) is 0 Å². The van der Waals surface area contributed by atoms with E-state index in [9.17, 15) is 4.79 Å².